The zero-order chi connectivity index (χ0) is 15.5. The fraction of sp³-hybridized carbons (Fsp3) is 0.471. The molecule has 0 unspecified atom stereocenters. The number of furan rings is 1. The number of ether oxygens (including phenoxy) is 1. The summed E-state index contributed by atoms with van der Waals surface area (Å²) in [6.07, 6.45) is 1.73. The maximum atomic E-state index is 5.85. The standard InChI is InChI=1S/C17H24N2O2/c1-12-8-15(21-16(12)10-19-17(3,4)5)11-20-14-7-6-13(2)18-9-14/h6-9,19H,10-11H2,1-5H3. The highest BCUT2D eigenvalue weighted by Gasteiger charge is 2.13. The lowest BCUT2D eigenvalue weighted by Crippen LogP contribution is -2.35. The van der Waals surface area contributed by atoms with Gasteiger partial charge in [-0.3, -0.25) is 4.98 Å². The number of nitrogens with one attached hydrogen (secondary N) is 1. The summed E-state index contributed by atoms with van der Waals surface area (Å²) >= 11 is 0. The predicted octanol–water partition coefficient (Wildman–Crippen LogP) is 3.76. The van der Waals surface area contributed by atoms with E-state index < -0.39 is 0 Å². The molecule has 2 heterocycles. The molecule has 0 fully saturated rings. The van der Waals surface area contributed by atoms with Crippen LogP contribution in [0.1, 0.15) is 43.5 Å². The minimum Gasteiger partial charge on any atom is -0.484 e. The lowest BCUT2D eigenvalue weighted by atomic mass is 10.1. The first kappa shape index (κ1) is 15.6. The Morgan fingerprint density at radius 3 is 2.62 bits per heavy atom. The summed E-state index contributed by atoms with van der Waals surface area (Å²) in [4.78, 5) is 4.21. The summed E-state index contributed by atoms with van der Waals surface area (Å²) in [5.74, 6) is 2.55. The van der Waals surface area contributed by atoms with Gasteiger partial charge in [0.25, 0.3) is 0 Å². The number of hydrogen-bond donors (Lipinski definition) is 1. The normalized spacial score (nSPS) is 11.7. The van der Waals surface area contributed by atoms with Crippen LogP contribution in [0.5, 0.6) is 5.75 Å². The first-order valence-electron chi connectivity index (χ1n) is 7.22. The van der Waals surface area contributed by atoms with Crippen molar-refractivity contribution < 1.29 is 9.15 Å². The molecule has 0 bridgehead atoms. The van der Waals surface area contributed by atoms with Gasteiger partial charge in [0.15, 0.2) is 0 Å². The molecular weight excluding hydrogens is 264 g/mol. The lowest BCUT2D eigenvalue weighted by molar-refractivity contribution is 0.262. The predicted molar refractivity (Wildman–Crippen MR) is 83.3 cm³/mol. The van der Waals surface area contributed by atoms with E-state index in [-0.39, 0.29) is 5.54 Å². The zero-order valence-electron chi connectivity index (χ0n) is 13.5. The molecule has 0 saturated heterocycles. The van der Waals surface area contributed by atoms with E-state index in [1.165, 1.54) is 0 Å². The van der Waals surface area contributed by atoms with Crippen LogP contribution in [0, 0.1) is 13.8 Å². The second-order valence-corrected chi connectivity index (χ2v) is 6.35. The van der Waals surface area contributed by atoms with Crippen molar-refractivity contribution >= 4 is 0 Å². The van der Waals surface area contributed by atoms with Gasteiger partial charge in [-0.2, -0.15) is 0 Å². The Bertz CT molecular complexity index is 580. The van der Waals surface area contributed by atoms with Gasteiger partial charge in [-0.05, 0) is 58.4 Å². The Morgan fingerprint density at radius 2 is 2.00 bits per heavy atom. The number of hydrogen-bond acceptors (Lipinski definition) is 4. The van der Waals surface area contributed by atoms with E-state index in [2.05, 4.69) is 38.0 Å². The molecule has 0 aromatic carbocycles. The molecule has 2 aromatic rings. The van der Waals surface area contributed by atoms with E-state index >= 15 is 0 Å². The molecule has 0 radical (unpaired) electrons. The topological polar surface area (TPSA) is 47.3 Å². The molecule has 0 spiro atoms. The van der Waals surface area contributed by atoms with E-state index in [0.717, 1.165) is 35.1 Å². The fourth-order valence-electron chi connectivity index (χ4n) is 1.88. The third-order valence-electron chi connectivity index (χ3n) is 3.12. The zero-order valence-corrected chi connectivity index (χ0v) is 13.5. The lowest BCUT2D eigenvalue weighted by Gasteiger charge is -2.19. The molecule has 114 valence electrons. The molecule has 0 amide bonds. The van der Waals surface area contributed by atoms with Crippen LogP contribution in [0.15, 0.2) is 28.8 Å². The third-order valence-corrected chi connectivity index (χ3v) is 3.12. The van der Waals surface area contributed by atoms with Gasteiger partial charge in [-0.15, -0.1) is 0 Å². The van der Waals surface area contributed by atoms with Crippen molar-refractivity contribution in [3.8, 4) is 5.75 Å². The van der Waals surface area contributed by atoms with Crippen molar-refractivity contribution in [2.75, 3.05) is 0 Å². The van der Waals surface area contributed by atoms with E-state index in [9.17, 15) is 0 Å². The number of aryl methyl sites for hydroxylation is 2. The Labute approximate surface area is 126 Å². The average Bonchev–Trinajstić information content (AvgIpc) is 2.76. The molecule has 4 nitrogen and oxygen atoms in total. The summed E-state index contributed by atoms with van der Waals surface area (Å²) in [7, 11) is 0. The van der Waals surface area contributed by atoms with Gasteiger partial charge in [0.1, 0.15) is 23.9 Å². The second kappa shape index (κ2) is 6.31. The number of pyridine rings is 1. The van der Waals surface area contributed by atoms with Crippen LogP contribution in [0.4, 0.5) is 0 Å². The molecule has 2 rings (SSSR count). The third kappa shape index (κ3) is 4.90. The number of nitrogens with zero attached hydrogens (tertiary/aromatic N) is 1. The molecule has 0 saturated carbocycles. The number of rotatable bonds is 5. The summed E-state index contributed by atoms with van der Waals surface area (Å²) in [6, 6.07) is 5.88. The summed E-state index contributed by atoms with van der Waals surface area (Å²) in [5.41, 5.74) is 2.20. The monoisotopic (exact) mass is 288 g/mol. The Balaban J connectivity index is 1.94. The van der Waals surface area contributed by atoms with E-state index in [1.54, 1.807) is 6.20 Å². The van der Waals surface area contributed by atoms with Gasteiger partial charge < -0.3 is 14.5 Å². The maximum Gasteiger partial charge on any atom is 0.146 e. The van der Waals surface area contributed by atoms with Crippen LogP contribution >= 0.6 is 0 Å². The molecule has 21 heavy (non-hydrogen) atoms. The minimum atomic E-state index is 0.0729. The maximum absolute atomic E-state index is 5.85. The van der Waals surface area contributed by atoms with E-state index in [0.29, 0.717) is 6.61 Å². The highest BCUT2D eigenvalue weighted by molar-refractivity contribution is 5.22. The van der Waals surface area contributed by atoms with Crippen LogP contribution in [-0.2, 0) is 13.2 Å². The highest BCUT2D eigenvalue weighted by Crippen LogP contribution is 2.18. The fourth-order valence-corrected chi connectivity index (χ4v) is 1.88. The number of aromatic nitrogens is 1. The van der Waals surface area contributed by atoms with E-state index in [4.69, 9.17) is 9.15 Å². The van der Waals surface area contributed by atoms with Gasteiger partial charge in [-0.25, -0.2) is 0 Å². The highest BCUT2D eigenvalue weighted by atomic mass is 16.5. The van der Waals surface area contributed by atoms with Gasteiger partial charge in [0, 0.05) is 11.2 Å². The Kier molecular flexibility index (Phi) is 4.68. The largest absolute Gasteiger partial charge is 0.484 e. The van der Waals surface area contributed by atoms with Crippen molar-refractivity contribution in [3.63, 3.8) is 0 Å². The molecule has 0 atom stereocenters. The average molecular weight is 288 g/mol. The van der Waals surface area contributed by atoms with Crippen LogP contribution in [0.2, 0.25) is 0 Å². The molecular formula is C17H24N2O2. The van der Waals surface area contributed by atoms with Gasteiger partial charge in [0.05, 0.1) is 12.7 Å². The van der Waals surface area contributed by atoms with Crippen molar-refractivity contribution in [2.45, 2.75) is 53.3 Å². The molecule has 1 N–H and O–H groups in total. The quantitative estimate of drug-likeness (QED) is 0.910. The summed E-state index contributed by atoms with van der Waals surface area (Å²) in [5, 5.41) is 3.43. The van der Waals surface area contributed by atoms with Crippen LogP contribution in [0.3, 0.4) is 0 Å². The first-order chi connectivity index (χ1) is 9.83. The van der Waals surface area contributed by atoms with Crippen LogP contribution in [0.25, 0.3) is 0 Å². The minimum absolute atomic E-state index is 0.0729. The van der Waals surface area contributed by atoms with E-state index in [1.807, 2.05) is 25.1 Å². The molecule has 0 aliphatic heterocycles. The van der Waals surface area contributed by atoms with Crippen molar-refractivity contribution in [3.05, 3.63) is 47.2 Å². The van der Waals surface area contributed by atoms with Gasteiger partial charge in [-0.1, -0.05) is 0 Å². The second-order valence-electron chi connectivity index (χ2n) is 6.35. The molecule has 0 aliphatic carbocycles. The van der Waals surface area contributed by atoms with Gasteiger partial charge >= 0.3 is 0 Å². The molecule has 2 aromatic heterocycles. The van der Waals surface area contributed by atoms with Gasteiger partial charge in [0.2, 0.25) is 0 Å². The molecule has 4 heteroatoms. The SMILES string of the molecule is Cc1ccc(OCc2cc(C)c(CNC(C)(C)C)o2)cn1. The first-order valence-corrected chi connectivity index (χ1v) is 7.22. The van der Waals surface area contributed by atoms with Crippen LogP contribution < -0.4 is 10.1 Å². The van der Waals surface area contributed by atoms with Crippen molar-refractivity contribution in [2.24, 2.45) is 0 Å². The summed E-state index contributed by atoms with van der Waals surface area (Å²) in [6.45, 7) is 11.6. The Morgan fingerprint density at radius 1 is 1.24 bits per heavy atom. The van der Waals surface area contributed by atoms with Crippen molar-refractivity contribution in [1.82, 2.24) is 10.3 Å². The molecule has 0 aliphatic rings. The summed E-state index contributed by atoms with van der Waals surface area (Å²) < 4.78 is 11.5. The van der Waals surface area contributed by atoms with Crippen LogP contribution in [-0.4, -0.2) is 10.5 Å². The van der Waals surface area contributed by atoms with Crippen molar-refractivity contribution in [1.29, 1.82) is 0 Å². The Hall–Kier alpha value is -1.81. The smallest absolute Gasteiger partial charge is 0.146 e.